The number of nitrogens with zero attached hydrogens (tertiary/aromatic N) is 1. The molecule has 0 spiro atoms. The molecule has 0 fully saturated rings. The van der Waals surface area contributed by atoms with Gasteiger partial charge in [0.2, 0.25) is 10.0 Å². The molecule has 0 unspecified atom stereocenters. The van der Waals surface area contributed by atoms with Crippen LogP contribution in [0.5, 0.6) is 0 Å². The van der Waals surface area contributed by atoms with Crippen molar-refractivity contribution in [1.29, 1.82) is 0 Å². The summed E-state index contributed by atoms with van der Waals surface area (Å²) in [5.74, 6) is -0.920. The number of hydrogen-bond donors (Lipinski definition) is 1. The van der Waals surface area contributed by atoms with E-state index in [-0.39, 0.29) is 9.87 Å². The van der Waals surface area contributed by atoms with Gasteiger partial charge in [0.15, 0.2) is 0 Å². The lowest BCUT2D eigenvalue weighted by Gasteiger charge is -2.20. The third-order valence-corrected chi connectivity index (χ3v) is 4.18. The largest absolute Gasteiger partial charge is 0.402 e. The van der Waals surface area contributed by atoms with Gasteiger partial charge in [0.1, 0.15) is 12.4 Å². The van der Waals surface area contributed by atoms with Crippen LogP contribution in [0.15, 0.2) is 23.1 Å². The van der Waals surface area contributed by atoms with Crippen LogP contribution in [0.25, 0.3) is 0 Å². The first-order valence-corrected chi connectivity index (χ1v) is 6.44. The molecule has 0 saturated heterocycles. The fourth-order valence-electron chi connectivity index (χ4n) is 1.40. The van der Waals surface area contributed by atoms with E-state index in [4.69, 9.17) is 5.11 Å². The zero-order valence-electron chi connectivity index (χ0n) is 9.78. The number of benzene rings is 1. The molecule has 0 aromatic heterocycles. The van der Waals surface area contributed by atoms with Gasteiger partial charge in [-0.1, -0.05) is 6.07 Å². The minimum Gasteiger partial charge on any atom is -0.392 e. The highest BCUT2D eigenvalue weighted by Gasteiger charge is 2.35. The molecule has 108 valence electrons. The van der Waals surface area contributed by atoms with E-state index in [1.165, 1.54) is 0 Å². The van der Waals surface area contributed by atoms with Crippen molar-refractivity contribution < 1.29 is 31.1 Å². The summed E-state index contributed by atoms with van der Waals surface area (Å²) in [5, 5.41) is 8.96. The molecule has 0 aliphatic heterocycles. The van der Waals surface area contributed by atoms with E-state index >= 15 is 0 Å². The molecule has 19 heavy (non-hydrogen) atoms. The number of alkyl halides is 3. The van der Waals surface area contributed by atoms with Crippen molar-refractivity contribution in [2.45, 2.75) is 17.7 Å². The van der Waals surface area contributed by atoms with Crippen LogP contribution in [-0.2, 0) is 16.6 Å². The van der Waals surface area contributed by atoms with Crippen LogP contribution in [-0.4, -0.2) is 37.6 Å². The van der Waals surface area contributed by atoms with Crippen molar-refractivity contribution in [2.24, 2.45) is 0 Å². The molecule has 1 aromatic carbocycles. The molecule has 0 bridgehead atoms. The van der Waals surface area contributed by atoms with E-state index in [0.29, 0.717) is 6.07 Å². The zero-order chi connectivity index (χ0) is 14.8. The van der Waals surface area contributed by atoms with Crippen molar-refractivity contribution in [1.82, 2.24) is 4.31 Å². The van der Waals surface area contributed by atoms with Gasteiger partial charge in [0.25, 0.3) is 0 Å². The highest BCUT2D eigenvalue weighted by Crippen LogP contribution is 2.24. The second-order valence-electron chi connectivity index (χ2n) is 3.79. The summed E-state index contributed by atoms with van der Waals surface area (Å²) >= 11 is 0. The second-order valence-corrected chi connectivity index (χ2v) is 5.80. The maximum Gasteiger partial charge on any atom is 0.402 e. The van der Waals surface area contributed by atoms with Crippen molar-refractivity contribution in [2.75, 3.05) is 13.6 Å². The third kappa shape index (κ3) is 3.88. The predicted octanol–water partition coefficient (Wildman–Crippen LogP) is 1.50. The van der Waals surface area contributed by atoms with Gasteiger partial charge in [-0.05, 0) is 17.7 Å². The first-order valence-electron chi connectivity index (χ1n) is 5.00. The Morgan fingerprint density at radius 2 is 1.89 bits per heavy atom. The van der Waals surface area contributed by atoms with Gasteiger partial charge in [0.05, 0.1) is 11.5 Å². The smallest absolute Gasteiger partial charge is 0.392 e. The molecule has 9 heteroatoms. The monoisotopic (exact) mass is 301 g/mol. The molecular weight excluding hydrogens is 290 g/mol. The van der Waals surface area contributed by atoms with Crippen LogP contribution in [0.2, 0.25) is 0 Å². The number of aliphatic hydroxyl groups excluding tert-OH is 1. The minimum atomic E-state index is -4.71. The molecule has 1 rings (SSSR count). The second kappa shape index (κ2) is 5.43. The normalized spacial score (nSPS) is 13.0. The van der Waals surface area contributed by atoms with Crippen LogP contribution in [0.3, 0.4) is 0 Å². The van der Waals surface area contributed by atoms with Gasteiger partial charge in [-0.2, -0.15) is 17.5 Å². The third-order valence-electron chi connectivity index (χ3n) is 2.29. The number of halogens is 4. The number of hydrogen-bond acceptors (Lipinski definition) is 3. The van der Waals surface area contributed by atoms with E-state index in [9.17, 15) is 26.0 Å². The lowest BCUT2D eigenvalue weighted by atomic mass is 10.2. The quantitative estimate of drug-likeness (QED) is 0.858. The molecule has 0 heterocycles. The van der Waals surface area contributed by atoms with E-state index in [2.05, 4.69) is 0 Å². The number of aliphatic hydroxyl groups is 1. The van der Waals surface area contributed by atoms with Crippen LogP contribution in [0, 0.1) is 5.82 Å². The maximum atomic E-state index is 13.0. The van der Waals surface area contributed by atoms with E-state index < -0.39 is 40.1 Å². The Balaban J connectivity index is 3.23. The lowest BCUT2D eigenvalue weighted by molar-refractivity contribution is -0.134. The molecular formula is C10H11F4NO3S. The van der Waals surface area contributed by atoms with Gasteiger partial charge in [-0.15, -0.1) is 0 Å². The molecule has 4 nitrogen and oxygen atoms in total. The van der Waals surface area contributed by atoms with Crippen LogP contribution in [0.1, 0.15) is 5.56 Å². The van der Waals surface area contributed by atoms with E-state index in [1.54, 1.807) is 0 Å². The zero-order valence-corrected chi connectivity index (χ0v) is 10.6. The summed E-state index contributed by atoms with van der Waals surface area (Å²) < 4.78 is 73.4. The summed E-state index contributed by atoms with van der Waals surface area (Å²) in [6, 6.07) is 2.49. The topological polar surface area (TPSA) is 57.6 Å². The van der Waals surface area contributed by atoms with Gasteiger partial charge in [0, 0.05) is 7.05 Å². The molecule has 1 N–H and O–H groups in total. The fourth-order valence-corrected chi connectivity index (χ4v) is 2.78. The molecule has 0 aliphatic carbocycles. The van der Waals surface area contributed by atoms with Crippen molar-refractivity contribution in [3.63, 3.8) is 0 Å². The number of rotatable bonds is 4. The van der Waals surface area contributed by atoms with Gasteiger partial charge < -0.3 is 5.11 Å². The van der Waals surface area contributed by atoms with E-state index in [0.717, 1.165) is 19.2 Å². The molecule has 0 radical (unpaired) electrons. The summed E-state index contributed by atoms with van der Waals surface area (Å²) in [4.78, 5) is -0.679. The first-order chi connectivity index (χ1) is 8.58. The summed E-state index contributed by atoms with van der Waals surface area (Å²) in [6.07, 6.45) is -4.71. The SMILES string of the molecule is CN(CC(F)(F)F)S(=O)(=O)c1cc(F)ccc1CO. The molecule has 1 aromatic rings. The van der Waals surface area contributed by atoms with Crippen molar-refractivity contribution in [3.05, 3.63) is 29.6 Å². The van der Waals surface area contributed by atoms with Gasteiger partial charge >= 0.3 is 6.18 Å². The molecule has 0 aliphatic rings. The Bertz CT molecular complexity index is 556. The Hall–Kier alpha value is -1.19. The fraction of sp³-hybridized carbons (Fsp3) is 0.400. The Kier molecular flexibility index (Phi) is 4.54. The van der Waals surface area contributed by atoms with E-state index in [1.807, 2.05) is 0 Å². The average Bonchev–Trinajstić information content (AvgIpc) is 2.26. The summed E-state index contributed by atoms with van der Waals surface area (Å²) in [6.45, 7) is -2.43. The minimum absolute atomic E-state index is 0.0565. The average molecular weight is 301 g/mol. The molecule has 0 atom stereocenters. The summed E-state index contributed by atoms with van der Waals surface area (Å²) in [7, 11) is -3.79. The van der Waals surface area contributed by atoms with Gasteiger partial charge in [-0.25, -0.2) is 12.8 Å². The maximum absolute atomic E-state index is 13.0. The Labute approximate surface area is 107 Å². The highest BCUT2D eigenvalue weighted by atomic mass is 32.2. The standard InChI is InChI=1S/C10H11F4NO3S/c1-15(6-10(12,13)14)19(17,18)9-4-8(11)3-2-7(9)5-16/h2-4,16H,5-6H2,1H3. The predicted molar refractivity (Wildman–Crippen MR) is 58.2 cm³/mol. The molecule has 0 saturated carbocycles. The molecule has 0 amide bonds. The van der Waals surface area contributed by atoms with Crippen LogP contribution in [0.4, 0.5) is 17.6 Å². The Morgan fingerprint density at radius 3 is 2.37 bits per heavy atom. The highest BCUT2D eigenvalue weighted by molar-refractivity contribution is 7.89. The van der Waals surface area contributed by atoms with Crippen molar-refractivity contribution in [3.8, 4) is 0 Å². The van der Waals surface area contributed by atoms with Gasteiger partial charge in [-0.3, -0.25) is 0 Å². The van der Waals surface area contributed by atoms with Crippen LogP contribution < -0.4 is 0 Å². The first kappa shape index (κ1) is 15.9. The number of sulfonamides is 1. The summed E-state index contributed by atoms with van der Waals surface area (Å²) in [5.41, 5.74) is -0.171. The van der Waals surface area contributed by atoms with Crippen molar-refractivity contribution >= 4 is 10.0 Å². The lowest BCUT2D eigenvalue weighted by Crippen LogP contribution is -2.36. The van der Waals surface area contributed by atoms with Crippen LogP contribution >= 0.6 is 0 Å². The Morgan fingerprint density at radius 1 is 1.32 bits per heavy atom.